The largest absolute Gasteiger partial charge is 0.330 e. The van der Waals surface area contributed by atoms with Gasteiger partial charge in [-0.25, -0.2) is 0 Å². The van der Waals surface area contributed by atoms with E-state index < -0.39 is 0 Å². The number of hydrogen-bond acceptors (Lipinski definition) is 2. The van der Waals surface area contributed by atoms with Gasteiger partial charge in [0, 0.05) is 31.3 Å². The van der Waals surface area contributed by atoms with E-state index in [-0.39, 0.29) is 10.8 Å². The van der Waals surface area contributed by atoms with Crippen LogP contribution in [0.15, 0.2) is 112 Å². The number of likely N-dealkylation sites (tertiary alicyclic amines) is 1. The van der Waals surface area contributed by atoms with E-state index in [0.717, 1.165) is 52.9 Å². The van der Waals surface area contributed by atoms with Crippen LogP contribution in [0.3, 0.4) is 0 Å². The van der Waals surface area contributed by atoms with Crippen molar-refractivity contribution in [3.63, 3.8) is 0 Å². The van der Waals surface area contributed by atoms with Gasteiger partial charge in [-0.15, -0.1) is 0 Å². The van der Waals surface area contributed by atoms with E-state index in [1.807, 2.05) is 12.1 Å². The lowest BCUT2D eigenvalue weighted by Crippen LogP contribution is -2.47. The highest BCUT2D eigenvalue weighted by molar-refractivity contribution is 9.10. The van der Waals surface area contributed by atoms with Crippen LogP contribution < -0.4 is 5.73 Å². The van der Waals surface area contributed by atoms with Crippen molar-refractivity contribution < 1.29 is 0 Å². The first-order valence-electron chi connectivity index (χ1n) is 13.2. The van der Waals surface area contributed by atoms with Gasteiger partial charge < -0.3 is 10.6 Å². The van der Waals surface area contributed by atoms with Crippen LogP contribution in [0.1, 0.15) is 41.5 Å². The minimum atomic E-state index is -0.312. The second-order valence-corrected chi connectivity index (χ2v) is 12.6. The number of piperidine rings is 1. The van der Waals surface area contributed by atoms with Gasteiger partial charge in [0.15, 0.2) is 0 Å². The molecule has 0 aliphatic carbocycles. The predicted octanol–water partition coefficient (Wildman–Crippen LogP) is 8.58. The number of nitrogens with zero attached hydrogens (tertiary/aromatic N) is 1. The fraction of sp³-hybridized carbons (Fsp3) is 0.273. The van der Waals surface area contributed by atoms with Crippen molar-refractivity contribution in [3.05, 3.63) is 139 Å². The van der Waals surface area contributed by atoms with Crippen LogP contribution in [-0.2, 0) is 10.8 Å². The summed E-state index contributed by atoms with van der Waals surface area (Å²) >= 11 is 13.6. The van der Waals surface area contributed by atoms with Gasteiger partial charge in [-0.05, 0) is 97.5 Å². The Balaban J connectivity index is 1.48. The molecule has 0 aromatic heterocycles. The zero-order valence-corrected chi connectivity index (χ0v) is 25.4. The van der Waals surface area contributed by atoms with E-state index >= 15 is 0 Å². The van der Waals surface area contributed by atoms with Crippen molar-refractivity contribution in [2.45, 2.75) is 30.1 Å². The number of nitrogens with two attached hydrogens (primary N) is 1. The molecule has 1 heterocycles. The van der Waals surface area contributed by atoms with Crippen molar-refractivity contribution in [1.82, 2.24) is 4.90 Å². The zero-order chi connectivity index (χ0) is 26.6. The van der Waals surface area contributed by atoms with Crippen LogP contribution >= 0.6 is 43.5 Å². The van der Waals surface area contributed by atoms with Crippen LogP contribution in [0.4, 0.5) is 0 Å². The van der Waals surface area contributed by atoms with E-state index in [1.54, 1.807) is 0 Å². The molecule has 0 unspecified atom stereocenters. The van der Waals surface area contributed by atoms with E-state index in [4.69, 9.17) is 17.3 Å². The normalized spacial score (nSPS) is 15.9. The Morgan fingerprint density at radius 2 is 1.18 bits per heavy atom. The molecule has 4 aromatic rings. The maximum atomic E-state index is 6.39. The summed E-state index contributed by atoms with van der Waals surface area (Å²) in [5.41, 5.74) is 11.3. The highest BCUT2D eigenvalue weighted by Gasteiger charge is 2.39. The summed E-state index contributed by atoms with van der Waals surface area (Å²) < 4.78 is 2.16. The van der Waals surface area contributed by atoms with Crippen molar-refractivity contribution in [2.24, 2.45) is 5.73 Å². The number of hydrogen-bond donors (Lipinski definition) is 1. The quantitative estimate of drug-likeness (QED) is 0.193. The number of halogens is 3. The topological polar surface area (TPSA) is 29.3 Å². The SMILES string of the molecule is NCC1(c2ccccc2)CCN(CCC(c2ccc(Cl)cc2)(c2ccc(Br)cc2)c2ccc(Br)cc2)CC1. The monoisotopic (exact) mass is 650 g/mol. The summed E-state index contributed by atoms with van der Waals surface area (Å²) in [6.07, 6.45) is 3.12. The standard InChI is InChI=1S/C33H33Br2ClN2/c34-29-12-6-26(7-13-29)33(27-8-14-30(35)15-9-27,28-10-16-31(36)17-11-28)20-23-38-21-18-32(24-37,19-22-38)25-4-2-1-3-5-25/h1-17H,18-24,37H2. The summed E-state index contributed by atoms with van der Waals surface area (Å²) in [6.45, 7) is 3.77. The molecule has 2 N–H and O–H groups in total. The van der Waals surface area contributed by atoms with Crippen LogP contribution in [0.2, 0.25) is 5.02 Å². The average Bonchev–Trinajstić information content (AvgIpc) is 2.96. The zero-order valence-electron chi connectivity index (χ0n) is 21.4. The Kier molecular flexibility index (Phi) is 8.76. The van der Waals surface area contributed by atoms with Crippen LogP contribution in [0, 0.1) is 0 Å². The third-order valence-corrected chi connectivity index (χ3v) is 9.71. The second-order valence-electron chi connectivity index (χ2n) is 10.4. The smallest absolute Gasteiger partial charge is 0.0463 e. The van der Waals surface area contributed by atoms with Crippen molar-refractivity contribution in [1.29, 1.82) is 0 Å². The fourth-order valence-corrected chi connectivity index (χ4v) is 6.72. The van der Waals surface area contributed by atoms with E-state index in [0.29, 0.717) is 6.54 Å². The van der Waals surface area contributed by atoms with Gasteiger partial charge in [0.25, 0.3) is 0 Å². The Bertz CT molecular complexity index is 1200. The summed E-state index contributed by atoms with van der Waals surface area (Å²) in [6, 6.07) is 36.9. The molecule has 0 bridgehead atoms. The van der Waals surface area contributed by atoms with Crippen LogP contribution in [-0.4, -0.2) is 31.1 Å². The molecule has 5 rings (SSSR count). The van der Waals surface area contributed by atoms with Gasteiger partial charge in [-0.2, -0.15) is 0 Å². The van der Waals surface area contributed by atoms with E-state index in [2.05, 4.69) is 128 Å². The highest BCUT2D eigenvalue weighted by atomic mass is 79.9. The minimum absolute atomic E-state index is 0.0719. The molecule has 1 saturated heterocycles. The summed E-state index contributed by atoms with van der Waals surface area (Å²) in [7, 11) is 0. The van der Waals surface area contributed by atoms with Crippen LogP contribution in [0.25, 0.3) is 0 Å². The minimum Gasteiger partial charge on any atom is -0.330 e. The molecular formula is C33H33Br2ClN2. The molecule has 0 radical (unpaired) electrons. The van der Waals surface area contributed by atoms with E-state index in [9.17, 15) is 0 Å². The van der Waals surface area contributed by atoms with Gasteiger partial charge >= 0.3 is 0 Å². The number of rotatable bonds is 8. The van der Waals surface area contributed by atoms with E-state index in [1.165, 1.54) is 22.3 Å². The Morgan fingerprint density at radius 1 is 0.711 bits per heavy atom. The molecule has 0 spiro atoms. The lowest BCUT2D eigenvalue weighted by molar-refractivity contribution is 0.155. The summed E-state index contributed by atoms with van der Waals surface area (Å²) in [5.74, 6) is 0. The fourth-order valence-electron chi connectivity index (χ4n) is 6.07. The molecule has 0 atom stereocenters. The van der Waals surface area contributed by atoms with Gasteiger partial charge in [0.05, 0.1) is 0 Å². The first kappa shape index (κ1) is 27.6. The molecule has 1 fully saturated rings. The van der Waals surface area contributed by atoms with Crippen molar-refractivity contribution >= 4 is 43.5 Å². The molecule has 2 nitrogen and oxygen atoms in total. The summed E-state index contributed by atoms with van der Waals surface area (Å²) in [4.78, 5) is 2.62. The first-order valence-corrected chi connectivity index (χ1v) is 15.2. The molecule has 0 saturated carbocycles. The molecule has 5 heteroatoms. The molecule has 1 aliphatic heterocycles. The van der Waals surface area contributed by atoms with Crippen molar-refractivity contribution in [2.75, 3.05) is 26.2 Å². The maximum Gasteiger partial charge on any atom is 0.0463 e. The molecular weight excluding hydrogens is 620 g/mol. The lowest BCUT2D eigenvalue weighted by Gasteiger charge is -2.43. The molecule has 1 aliphatic rings. The Labute approximate surface area is 248 Å². The van der Waals surface area contributed by atoms with Gasteiger partial charge in [0.1, 0.15) is 0 Å². The average molecular weight is 653 g/mol. The van der Waals surface area contributed by atoms with Gasteiger partial charge in [-0.1, -0.05) is 110 Å². The molecule has 196 valence electrons. The Morgan fingerprint density at radius 3 is 1.66 bits per heavy atom. The Hall–Kier alpha value is -1.95. The third kappa shape index (κ3) is 5.66. The maximum absolute atomic E-state index is 6.39. The van der Waals surface area contributed by atoms with Gasteiger partial charge in [0.2, 0.25) is 0 Å². The van der Waals surface area contributed by atoms with Crippen molar-refractivity contribution in [3.8, 4) is 0 Å². The third-order valence-electron chi connectivity index (χ3n) is 8.40. The molecule has 4 aromatic carbocycles. The van der Waals surface area contributed by atoms with Gasteiger partial charge in [-0.3, -0.25) is 0 Å². The van der Waals surface area contributed by atoms with Crippen LogP contribution in [0.5, 0.6) is 0 Å². The first-order chi connectivity index (χ1) is 18.4. The molecule has 0 amide bonds. The highest BCUT2D eigenvalue weighted by Crippen LogP contribution is 2.44. The predicted molar refractivity (Wildman–Crippen MR) is 167 cm³/mol. The lowest BCUT2D eigenvalue weighted by atomic mass is 9.67. The second kappa shape index (κ2) is 12.1. The number of benzene rings is 4. The summed E-state index contributed by atoms with van der Waals surface area (Å²) in [5, 5.41) is 0.754. The molecule has 38 heavy (non-hydrogen) atoms.